The number of hydrogen-bond donors (Lipinski definition) is 2. The number of benzene rings is 2. The number of phenols is 1. The Kier molecular flexibility index (Phi) is 5.63. The van der Waals surface area contributed by atoms with E-state index >= 15 is 0 Å². The molecule has 154 valence electrons. The molecule has 0 saturated carbocycles. The summed E-state index contributed by atoms with van der Waals surface area (Å²) in [5.74, 6) is -0.0775. The Hall–Kier alpha value is -3.45. The standard InChI is InChI=1S/C23H24N4O3/c1-16-13-17(5-6-20(16)18-3-2-4-19(28)14-18)15-26-9-11-27(12-10-26)22-8-7-21(23(29)30)24-25-22/h2-8,13-14,28H,9-12,15H2,1H3,(H,29,30). The zero-order valence-electron chi connectivity index (χ0n) is 16.8. The van der Waals surface area contributed by atoms with E-state index in [2.05, 4.69) is 45.1 Å². The molecular weight excluding hydrogens is 380 g/mol. The Morgan fingerprint density at radius 1 is 1.00 bits per heavy atom. The number of rotatable bonds is 5. The summed E-state index contributed by atoms with van der Waals surface area (Å²) >= 11 is 0. The first-order chi connectivity index (χ1) is 14.5. The quantitative estimate of drug-likeness (QED) is 0.675. The summed E-state index contributed by atoms with van der Waals surface area (Å²) in [6, 6.07) is 17.0. The third-order valence-electron chi connectivity index (χ3n) is 5.42. The van der Waals surface area contributed by atoms with Crippen molar-refractivity contribution in [2.75, 3.05) is 31.1 Å². The molecule has 2 heterocycles. The van der Waals surface area contributed by atoms with Gasteiger partial charge in [-0.25, -0.2) is 4.79 Å². The second kappa shape index (κ2) is 8.51. The highest BCUT2D eigenvalue weighted by Crippen LogP contribution is 2.27. The largest absolute Gasteiger partial charge is 0.508 e. The summed E-state index contributed by atoms with van der Waals surface area (Å²) in [5.41, 5.74) is 4.55. The van der Waals surface area contributed by atoms with Crippen molar-refractivity contribution in [1.82, 2.24) is 15.1 Å². The number of hydrogen-bond acceptors (Lipinski definition) is 6. The fourth-order valence-corrected chi connectivity index (χ4v) is 3.82. The highest BCUT2D eigenvalue weighted by molar-refractivity contribution is 5.85. The maximum Gasteiger partial charge on any atom is 0.356 e. The summed E-state index contributed by atoms with van der Waals surface area (Å²) in [6.45, 7) is 6.41. The zero-order chi connectivity index (χ0) is 21.1. The third kappa shape index (κ3) is 4.41. The van der Waals surface area contributed by atoms with Gasteiger partial charge in [0.05, 0.1) is 0 Å². The van der Waals surface area contributed by atoms with E-state index in [-0.39, 0.29) is 11.4 Å². The summed E-state index contributed by atoms with van der Waals surface area (Å²) in [6.07, 6.45) is 0. The first-order valence-corrected chi connectivity index (χ1v) is 9.93. The van der Waals surface area contributed by atoms with Gasteiger partial charge in [-0.15, -0.1) is 10.2 Å². The second-order valence-corrected chi connectivity index (χ2v) is 7.54. The Labute approximate surface area is 175 Å². The maximum atomic E-state index is 10.9. The van der Waals surface area contributed by atoms with E-state index in [1.54, 1.807) is 18.2 Å². The van der Waals surface area contributed by atoms with Gasteiger partial charge in [0.15, 0.2) is 11.5 Å². The van der Waals surface area contributed by atoms with Crippen LogP contribution in [0.15, 0.2) is 54.6 Å². The predicted molar refractivity (Wildman–Crippen MR) is 115 cm³/mol. The number of carboxylic acid groups (broad SMARTS) is 1. The molecule has 0 atom stereocenters. The van der Waals surface area contributed by atoms with E-state index in [1.165, 1.54) is 17.2 Å². The van der Waals surface area contributed by atoms with Crippen LogP contribution in [0.1, 0.15) is 21.6 Å². The molecule has 1 saturated heterocycles. The Morgan fingerprint density at radius 2 is 1.80 bits per heavy atom. The number of carbonyl (C=O) groups is 1. The molecule has 0 bridgehead atoms. The van der Waals surface area contributed by atoms with Crippen molar-refractivity contribution in [2.24, 2.45) is 0 Å². The lowest BCUT2D eigenvalue weighted by Gasteiger charge is -2.35. The van der Waals surface area contributed by atoms with Crippen LogP contribution < -0.4 is 4.90 Å². The zero-order valence-corrected chi connectivity index (χ0v) is 16.8. The molecule has 1 aliphatic rings. The van der Waals surface area contributed by atoms with Crippen molar-refractivity contribution in [3.05, 3.63) is 71.4 Å². The number of phenolic OH excluding ortho intramolecular Hbond substituents is 1. The van der Waals surface area contributed by atoms with Gasteiger partial charge in [0.1, 0.15) is 5.75 Å². The van der Waals surface area contributed by atoms with Gasteiger partial charge < -0.3 is 15.1 Å². The van der Waals surface area contributed by atoms with Crippen LogP contribution in [0.2, 0.25) is 0 Å². The molecule has 30 heavy (non-hydrogen) atoms. The van der Waals surface area contributed by atoms with E-state index in [1.807, 2.05) is 12.1 Å². The van der Waals surface area contributed by atoms with Gasteiger partial charge >= 0.3 is 5.97 Å². The highest BCUT2D eigenvalue weighted by atomic mass is 16.4. The lowest BCUT2D eigenvalue weighted by atomic mass is 9.98. The van der Waals surface area contributed by atoms with E-state index < -0.39 is 5.97 Å². The SMILES string of the molecule is Cc1cc(CN2CCN(c3ccc(C(=O)O)nn3)CC2)ccc1-c1cccc(O)c1. The van der Waals surface area contributed by atoms with Gasteiger partial charge in [-0.05, 0) is 53.4 Å². The number of nitrogens with zero attached hydrogens (tertiary/aromatic N) is 4. The van der Waals surface area contributed by atoms with Crippen LogP contribution in [0.4, 0.5) is 5.82 Å². The Bertz CT molecular complexity index is 1040. The van der Waals surface area contributed by atoms with E-state index in [9.17, 15) is 9.90 Å². The van der Waals surface area contributed by atoms with E-state index in [0.717, 1.165) is 43.9 Å². The van der Waals surface area contributed by atoms with Gasteiger partial charge in [-0.1, -0.05) is 30.3 Å². The molecule has 0 unspecified atom stereocenters. The molecule has 1 aromatic heterocycles. The van der Waals surface area contributed by atoms with Crippen molar-refractivity contribution in [1.29, 1.82) is 0 Å². The smallest absolute Gasteiger partial charge is 0.356 e. The monoisotopic (exact) mass is 404 g/mol. The molecule has 7 nitrogen and oxygen atoms in total. The summed E-state index contributed by atoms with van der Waals surface area (Å²) < 4.78 is 0. The van der Waals surface area contributed by atoms with Gasteiger partial charge in [0.2, 0.25) is 0 Å². The number of aromatic carboxylic acids is 1. The maximum absolute atomic E-state index is 10.9. The number of aromatic nitrogens is 2. The minimum Gasteiger partial charge on any atom is -0.508 e. The van der Waals surface area contributed by atoms with Crippen LogP contribution in [0.25, 0.3) is 11.1 Å². The van der Waals surface area contributed by atoms with E-state index in [4.69, 9.17) is 5.11 Å². The number of aromatic hydroxyl groups is 1. The minimum absolute atomic E-state index is 0.0399. The number of carboxylic acids is 1. The molecule has 2 aromatic carbocycles. The highest BCUT2D eigenvalue weighted by Gasteiger charge is 2.19. The number of piperazine rings is 1. The van der Waals surface area contributed by atoms with Crippen LogP contribution in [0.3, 0.4) is 0 Å². The molecule has 7 heteroatoms. The first-order valence-electron chi connectivity index (χ1n) is 9.93. The van der Waals surface area contributed by atoms with E-state index in [0.29, 0.717) is 5.82 Å². The van der Waals surface area contributed by atoms with Gasteiger partial charge in [0, 0.05) is 32.7 Å². The summed E-state index contributed by atoms with van der Waals surface area (Å²) in [4.78, 5) is 15.4. The first kappa shape index (κ1) is 19.8. The lowest BCUT2D eigenvalue weighted by Crippen LogP contribution is -2.46. The average molecular weight is 404 g/mol. The fraction of sp³-hybridized carbons (Fsp3) is 0.261. The van der Waals surface area contributed by atoms with Crippen LogP contribution in [0, 0.1) is 6.92 Å². The number of anilines is 1. The van der Waals surface area contributed by atoms with Crippen molar-refractivity contribution in [3.63, 3.8) is 0 Å². The topological polar surface area (TPSA) is 89.8 Å². The van der Waals surface area contributed by atoms with Gasteiger partial charge in [-0.2, -0.15) is 0 Å². The summed E-state index contributed by atoms with van der Waals surface area (Å²) in [7, 11) is 0. The average Bonchev–Trinajstić information content (AvgIpc) is 2.74. The van der Waals surface area contributed by atoms with Crippen LogP contribution in [0.5, 0.6) is 5.75 Å². The summed E-state index contributed by atoms with van der Waals surface area (Å²) in [5, 5.41) is 26.5. The van der Waals surface area contributed by atoms with Crippen molar-refractivity contribution in [3.8, 4) is 16.9 Å². The van der Waals surface area contributed by atoms with Crippen molar-refractivity contribution >= 4 is 11.8 Å². The van der Waals surface area contributed by atoms with Crippen LogP contribution >= 0.6 is 0 Å². The molecule has 0 amide bonds. The molecule has 3 aromatic rings. The molecule has 4 rings (SSSR count). The molecule has 1 fully saturated rings. The molecule has 1 aliphatic heterocycles. The Morgan fingerprint density at radius 3 is 2.43 bits per heavy atom. The lowest BCUT2D eigenvalue weighted by molar-refractivity contribution is 0.0689. The van der Waals surface area contributed by atoms with Crippen LogP contribution in [-0.4, -0.2) is 57.5 Å². The van der Waals surface area contributed by atoms with Crippen molar-refractivity contribution in [2.45, 2.75) is 13.5 Å². The minimum atomic E-state index is -1.07. The molecule has 0 aliphatic carbocycles. The van der Waals surface area contributed by atoms with Crippen LogP contribution in [-0.2, 0) is 6.54 Å². The predicted octanol–water partition coefficient (Wildman–Crippen LogP) is 3.18. The molecule has 0 spiro atoms. The second-order valence-electron chi connectivity index (χ2n) is 7.54. The molecule has 0 radical (unpaired) electrons. The normalized spacial score (nSPS) is 14.6. The fourth-order valence-electron chi connectivity index (χ4n) is 3.82. The van der Waals surface area contributed by atoms with Crippen molar-refractivity contribution < 1.29 is 15.0 Å². The molecule has 2 N–H and O–H groups in total. The third-order valence-corrected chi connectivity index (χ3v) is 5.42. The molecular formula is C23H24N4O3. The number of aryl methyl sites for hydroxylation is 1. The Balaban J connectivity index is 1.37. The van der Waals surface area contributed by atoms with Gasteiger partial charge in [0.25, 0.3) is 0 Å². The van der Waals surface area contributed by atoms with Gasteiger partial charge in [-0.3, -0.25) is 4.90 Å².